The molecule has 0 spiro atoms. The summed E-state index contributed by atoms with van der Waals surface area (Å²) in [6, 6.07) is 11.0. The monoisotopic (exact) mass is 417 g/mol. The molecule has 29 heavy (non-hydrogen) atoms. The highest BCUT2D eigenvalue weighted by molar-refractivity contribution is 5.33. The quantitative estimate of drug-likeness (QED) is 0.560. The van der Waals surface area contributed by atoms with Crippen molar-refractivity contribution < 1.29 is 31.1 Å². The Morgan fingerprint density at radius 3 is 2.07 bits per heavy atom. The Balaban J connectivity index is 1.84. The first kappa shape index (κ1) is 21.6. The summed E-state index contributed by atoms with van der Waals surface area (Å²) in [6.45, 7) is 0.510. The summed E-state index contributed by atoms with van der Waals surface area (Å²) in [7, 11) is 1.93. The third-order valence-electron chi connectivity index (χ3n) is 5.08. The zero-order valence-corrected chi connectivity index (χ0v) is 15.7. The molecular weight excluding hydrogens is 396 g/mol. The molecule has 0 radical (unpaired) electrons. The fourth-order valence-corrected chi connectivity index (χ4v) is 3.72. The number of alkyl halides is 6. The lowest BCUT2D eigenvalue weighted by atomic mass is 9.93. The molecule has 0 bridgehead atoms. The molecule has 2 nitrogen and oxygen atoms in total. The van der Waals surface area contributed by atoms with Crippen LogP contribution in [0.15, 0.2) is 48.5 Å². The molecule has 0 amide bonds. The highest BCUT2D eigenvalue weighted by atomic mass is 19.4. The van der Waals surface area contributed by atoms with Gasteiger partial charge in [0.15, 0.2) is 0 Å². The average molecular weight is 417 g/mol. The average Bonchev–Trinajstić information content (AvgIpc) is 2.65. The van der Waals surface area contributed by atoms with Crippen LogP contribution >= 0.6 is 0 Å². The van der Waals surface area contributed by atoms with E-state index in [4.69, 9.17) is 4.74 Å². The first-order valence-electron chi connectivity index (χ1n) is 9.21. The molecule has 3 rings (SSSR count). The molecule has 2 aromatic rings. The van der Waals surface area contributed by atoms with Crippen LogP contribution in [0, 0.1) is 0 Å². The first-order valence-corrected chi connectivity index (χ1v) is 9.21. The van der Waals surface area contributed by atoms with Gasteiger partial charge in [-0.25, -0.2) is 0 Å². The predicted octanol–water partition coefficient (Wildman–Crippen LogP) is 6.08. The maximum atomic E-state index is 13.1. The van der Waals surface area contributed by atoms with Crippen molar-refractivity contribution >= 4 is 0 Å². The Hall–Kier alpha value is -2.06. The van der Waals surface area contributed by atoms with E-state index in [-0.39, 0.29) is 30.4 Å². The van der Waals surface area contributed by atoms with Crippen molar-refractivity contribution in [3.63, 3.8) is 0 Å². The van der Waals surface area contributed by atoms with Gasteiger partial charge in [0.05, 0.1) is 29.9 Å². The van der Waals surface area contributed by atoms with Crippen molar-refractivity contribution in [2.24, 2.45) is 0 Å². The normalized spacial score (nSPS) is 21.3. The molecule has 0 aliphatic carbocycles. The Kier molecular flexibility index (Phi) is 6.24. The van der Waals surface area contributed by atoms with Gasteiger partial charge in [-0.1, -0.05) is 30.3 Å². The second-order valence-corrected chi connectivity index (χ2v) is 7.24. The second-order valence-electron chi connectivity index (χ2n) is 7.24. The minimum absolute atomic E-state index is 0.113. The molecule has 1 heterocycles. The molecule has 0 N–H and O–H groups in total. The minimum Gasteiger partial charge on any atom is -0.372 e. The topological polar surface area (TPSA) is 12.5 Å². The fourth-order valence-electron chi connectivity index (χ4n) is 3.72. The highest BCUT2D eigenvalue weighted by Gasteiger charge is 2.37. The van der Waals surface area contributed by atoms with E-state index in [0.717, 1.165) is 30.7 Å². The first-order chi connectivity index (χ1) is 13.6. The third kappa shape index (κ3) is 5.30. The summed E-state index contributed by atoms with van der Waals surface area (Å²) in [5, 5.41) is 0. The van der Waals surface area contributed by atoms with E-state index in [1.807, 2.05) is 37.4 Å². The smallest absolute Gasteiger partial charge is 0.372 e. The van der Waals surface area contributed by atoms with E-state index in [1.165, 1.54) is 0 Å². The van der Waals surface area contributed by atoms with Gasteiger partial charge in [-0.05, 0) is 55.8 Å². The predicted molar refractivity (Wildman–Crippen MR) is 96.1 cm³/mol. The van der Waals surface area contributed by atoms with Crippen molar-refractivity contribution in [3.8, 4) is 0 Å². The number of hydrogen-bond donors (Lipinski definition) is 0. The van der Waals surface area contributed by atoms with Gasteiger partial charge in [-0.2, -0.15) is 26.3 Å². The summed E-state index contributed by atoms with van der Waals surface area (Å²) in [4.78, 5) is 2.09. The molecular formula is C21H21F6NO. The molecule has 2 aromatic carbocycles. The molecule has 0 aromatic heterocycles. The van der Waals surface area contributed by atoms with E-state index in [9.17, 15) is 26.3 Å². The molecule has 1 aliphatic rings. The number of ether oxygens (including phenoxy) is 1. The zero-order chi connectivity index (χ0) is 21.2. The highest BCUT2D eigenvalue weighted by Crippen LogP contribution is 2.37. The number of halogens is 6. The van der Waals surface area contributed by atoms with Crippen LogP contribution < -0.4 is 0 Å². The number of nitrogens with zero attached hydrogens (tertiary/aromatic N) is 1. The fraction of sp³-hybridized carbons (Fsp3) is 0.429. The van der Waals surface area contributed by atoms with Crippen LogP contribution in [0.3, 0.4) is 0 Å². The van der Waals surface area contributed by atoms with E-state index < -0.39 is 23.5 Å². The Labute approximate surface area is 165 Å². The zero-order valence-electron chi connectivity index (χ0n) is 15.7. The number of rotatable bonds is 4. The SMILES string of the molecule is CN1CCC[C@H](OCc2cc(C(F)(F)F)cc(C(F)(F)F)c2)[C@@H]1c1ccccc1. The van der Waals surface area contributed by atoms with Crippen molar-refractivity contribution in [1.82, 2.24) is 4.90 Å². The summed E-state index contributed by atoms with van der Waals surface area (Å²) < 4.78 is 84.2. The van der Waals surface area contributed by atoms with Gasteiger partial charge in [0, 0.05) is 0 Å². The molecule has 2 atom stereocenters. The van der Waals surface area contributed by atoms with Gasteiger partial charge >= 0.3 is 12.4 Å². The van der Waals surface area contributed by atoms with Crippen LogP contribution in [0.4, 0.5) is 26.3 Å². The Bertz CT molecular complexity index is 786. The number of likely N-dealkylation sites (N-methyl/N-ethyl adjacent to an activating group) is 1. The van der Waals surface area contributed by atoms with E-state index >= 15 is 0 Å². The lowest BCUT2D eigenvalue weighted by Crippen LogP contribution is -2.40. The summed E-state index contributed by atoms with van der Waals surface area (Å²) in [6.07, 6.45) is -8.56. The Morgan fingerprint density at radius 2 is 1.52 bits per heavy atom. The van der Waals surface area contributed by atoms with Crippen molar-refractivity contribution in [1.29, 1.82) is 0 Å². The largest absolute Gasteiger partial charge is 0.416 e. The van der Waals surface area contributed by atoms with Gasteiger partial charge in [-0.3, -0.25) is 4.90 Å². The standard InChI is InChI=1S/C21H21F6NO/c1-28-9-5-8-18(19(28)15-6-3-2-4-7-15)29-13-14-10-16(20(22,23)24)12-17(11-14)21(25,26)27/h2-4,6-7,10-12,18-19H,5,8-9,13H2,1H3/t18-,19-/m0/s1. The lowest BCUT2D eigenvalue weighted by molar-refractivity contribution is -0.143. The number of likely N-dealkylation sites (tertiary alicyclic amines) is 1. The number of piperidine rings is 1. The molecule has 0 saturated carbocycles. The maximum absolute atomic E-state index is 13.1. The van der Waals surface area contributed by atoms with Crippen molar-refractivity contribution in [2.45, 2.75) is 43.9 Å². The third-order valence-corrected chi connectivity index (χ3v) is 5.08. The van der Waals surface area contributed by atoms with E-state index in [1.54, 1.807) is 0 Å². The summed E-state index contributed by atoms with van der Waals surface area (Å²) in [5.41, 5.74) is -1.80. The van der Waals surface area contributed by atoms with Crippen molar-refractivity contribution in [2.75, 3.05) is 13.6 Å². The number of hydrogen-bond acceptors (Lipinski definition) is 2. The van der Waals surface area contributed by atoms with Gasteiger partial charge in [0.2, 0.25) is 0 Å². The molecule has 0 unspecified atom stereocenters. The van der Waals surface area contributed by atoms with E-state index in [0.29, 0.717) is 6.42 Å². The molecule has 1 saturated heterocycles. The molecule has 8 heteroatoms. The van der Waals surface area contributed by atoms with Crippen LogP contribution in [-0.4, -0.2) is 24.6 Å². The number of benzene rings is 2. The van der Waals surface area contributed by atoms with Crippen LogP contribution in [0.25, 0.3) is 0 Å². The maximum Gasteiger partial charge on any atom is 0.416 e. The Morgan fingerprint density at radius 1 is 0.931 bits per heavy atom. The van der Waals surface area contributed by atoms with Gasteiger partial charge in [0.25, 0.3) is 0 Å². The molecule has 158 valence electrons. The second kappa shape index (κ2) is 8.36. The lowest BCUT2D eigenvalue weighted by Gasteiger charge is -2.39. The van der Waals surface area contributed by atoms with E-state index in [2.05, 4.69) is 4.90 Å². The van der Waals surface area contributed by atoms with Crippen LogP contribution in [-0.2, 0) is 23.7 Å². The molecule has 1 aliphatic heterocycles. The minimum atomic E-state index is -4.87. The summed E-state index contributed by atoms with van der Waals surface area (Å²) in [5.74, 6) is 0. The van der Waals surface area contributed by atoms with Crippen LogP contribution in [0.5, 0.6) is 0 Å². The van der Waals surface area contributed by atoms with Gasteiger partial charge in [-0.15, -0.1) is 0 Å². The molecule has 1 fully saturated rings. The van der Waals surface area contributed by atoms with Gasteiger partial charge in [0.1, 0.15) is 0 Å². The van der Waals surface area contributed by atoms with Crippen LogP contribution in [0.1, 0.15) is 41.1 Å². The summed E-state index contributed by atoms with van der Waals surface area (Å²) >= 11 is 0. The van der Waals surface area contributed by atoms with Crippen molar-refractivity contribution in [3.05, 3.63) is 70.8 Å². The van der Waals surface area contributed by atoms with Crippen LogP contribution in [0.2, 0.25) is 0 Å². The van der Waals surface area contributed by atoms with Gasteiger partial charge < -0.3 is 4.74 Å².